The van der Waals surface area contributed by atoms with Crippen molar-refractivity contribution in [3.8, 4) is 11.5 Å². The molecule has 0 saturated heterocycles. The van der Waals surface area contributed by atoms with Gasteiger partial charge in [-0.25, -0.2) is 8.42 Å². The van der Waals surface area contributed by atoms with Crippen molar-refractivity contribution in [2.75, 3.05) is 18.4 Å². The number of hydrogen-bond acceptors (Lipinski definition) is 6. The smallest absolute Gasteiger partial charge is 0.257 e. The minimum absolute atomic E-state index is 0.139. The number of nitrogens with zero attached hydrogens (tertiary/aromatic N) is 2. The van der Waals surface area contributed by atoms with Gasteiger partial charge in [-0.05, 0) is 48.0 Å². The fraction of sp³-hybridized carbons (Fsp3) is 0.130. The van der Waals surface area contributed by atoms with E-state index >= 15 is 0 Å². The van der Waals surface area contributed by atoms with Gasteiger partial charge in [0.2, 0.25) is 6.79 Å². The van der Waals surface area contributed by atoms with Gasteiger partial charge in [0.1, 0.15) is 0 Å². The van der Waals surface area contributed by atoms with Crippen LogP contribution in [0.2, 0.25) is 0 Å². The largest absolute Gasteiger partial charge is 0.454 e. The zero-order chi connectivity index (χ0) is 22.3. The number of ether oxygens (including phenoxy) is 2. The van der Waals surface area contributed by atoms with Crippen LogP contribution in [-0.2, 0) is 16.4 Å². The summed E-state index contributed by atoms with van der Waals surface area (Å²) in [6.45, 7) is 0.561. The molecule has 1 aliphatic rings. The van der Waals surface area contributed by atoms with E-state index in [0.29, 0.717) is 29.4 Å². The maximum absolute atomic E-state index is 12.8. The summed E-state index contributed by atoms with van der Waals surface area (Å²) in [4.78, 5) is 13.1. The van der Waals surface area contributed by atoms with Crippen molar-refractivity contribution in [1.82, 2.24) is 9.78 Å². The highest BCUT2D eigenvalue weighted by Crippen LogP contribution is 2.33. The highest BCUT2D eigenvalue weighted by molar-refractivity contribution is 7.90. The number of amides is 1. The molecule has 1 amide bonds. The standard InChI is InChI=1S/C23H19N3O5S/c1-32(28,29)17-9-6-15(7-10-17)13-26-19-5-3-2-4-18(19)22(25-26)24-23(27)16-8-11-20-21(12-16)31-14-30-20/h2-12H,13-14H2,1H3,(H,24,25,27). The van der Waals surface area contributed by atoms with Gasteiger partial charge < -0.3 is 14.8 Å². The summed E-state index contributed by atoms with van der Waals surface area (Å²) < 4.78 is 35.8. The van der Waals surface area contributed by atoms with Crippen LogP contribution in [0, 0.1) is 0 Å². The number of carbonyl (C=O) groups is 1. The van der Waals surface area contributed by atoms with E-state index in [4.69, 9.17) is 9.47 Å². The molecule has 0 unspecified atom stereocenters. The normalized spacial score (nSPS) is 12.8. The van der Waals surface area contributed by atoms with E-state index < -0.39 is 9.84 Å². The summed E-state index contributed by atoms with van der Waals surface area (Å²) in [5, 5.41) is 8.29. The van der Waals surface area contributed by atoms with Crippen molar-refractivity contribution in [3.63, 3.8) is 0 Å². The molecule has 0 bridgehead atoms. The van der Waals surface area contributed by atoms with Crippen molar-refractivity contribution in [2.45, 2.75) is 11.4 Å². The number of anilines is 1. The molecule has 0 spiro atoms. The zero-order valence-electron chi connectivity index (χ0n) is 17.1. The van der Waals surface area contributed by atoms with Gasteiger partial charge in [0, 0.05) is 17.2 Å². The Bertz CT molecular complexity index is 1440. The summed E-state index contributed by atoms with van der Waals surface area (Å²) in [6, 6.07) is 19.3. The Morgan fingerprint density at radius 2 is 1.78 bits per heavy atom. The molecule has 3 aromatic carbocycles. The molecule has 32 heavy (non-hydrogen) atoms. The van der Waals surface area contributed by atoms with Crippen molar-refractivity contribution in [2.24, 2.45) is 0 Å². The van der Waals surface area contributed by atoms with E-state index in [-0.39, 0.29) is 17.6 Å². The third kappa shape index (κ3) is 3.78. The van der Waals surface area contributed by atoms with Crippen LogP contribution in [-0.4, -0.2) is 37.2 Å². The fourth-order valence-corrected chi connectivity index (χ4v) is 4.20. The lowest BCUT2D eigenvalue weighted by molar-refractivity contribution is 0.102. The number of para-hydroxylation sites is 1. The number of aromatic nitrogens is 2. The molecule has 0 aliphatic carbocycles. The number of hydrogen-bond donors (Lipinski definition) is 1. The van der Waals surface area contributed by atoms with Crippen molar-refractivity contribution < 1.29 is 22.7 Å². The van der Waals surface area contributed by atoms with Gasteiger partial charge in [-0.1, -0.05) is 24.3 Å². The van der Waals surface area contributed by atoms with Crippen LogP contribution in [0.1, 0.15) is 15.9 Å². The lowest BCUT2D eigenvalue weighted by atomic mass is 10.2. The first-order valence-electron chi connectivity index (χ1n) is 9.84. The number of rotatable bonds is 5. The van der Waals surface area contributed by atoms with E-state index in [2.05, 4.69) is 10.4 Å². The van der Waals surface area contributed by atoms with Crippen molar-refractivity contribution >= 4 is 32.5 Å². The number of sulfone groups is 1. The van der Waals surface area contributed by atoms with Gasteiger partial charge in [0.15, 0.2) is 27.2 Å². The van der Waals surface area contributed by atoms with Crippen LogP contribution >= 0.6 is 0 Å². The van der Waals surface area contributed by atoms with Crippen molar-refractivity contribution in [1.29, 1.82) is 0 Å². The Morgan fingerprint density at radius 1 is 1.03 bits per heavy atom. The first-order chi connectivity index (χ1) is 15.4. The molecule has 1 N–H and O–H groups in total. The SMILES string of the molecule is CS(=O)(=O)c1ccc(Cn2nc(NC(=O)c3ccc4c(c3)OCO4)c3ccccc32)cc1. The Kier molecular flexibility index (Phi) is 4.82. The quantitative estimate of drug-likeness (QED) is 0.501. The van der Waals surface area contributed by atoms with Gasteiger partial charge >= 0.3 is 0 Å². The Morgan fingerprint density at radius 3 is 2.56 bits per heavy atom. The topological polar surface area (TPSA) is 99.5 Å². The third-order valence-corrected chi connectivity index (χ3v) is 6.34. The highest BCUT2D eigenvalue weighted by Gasteiger charge is 2.18. The van der Waals surface area contributed by atoms with Crippen molar-refractivity contribution in [3.05, 3.63) is 77.9 Å². The van der Waals surface area contributed by atoms with Crippen LogP contribution < -0.4 is 14.8 Å². The maximum Gasteiger partial charge on any atom is 0.257 e. The van der Waals surface area contributed by atoms with Gasteiger partial charge in [-0.3, -0.25) is 9.48 Å². The molecule has 0 radical (unpaired) electrons. The Balaban J connectivity index is 1.43. The summed E-state index contributed by atoms with van der Waals surface area (Å²) in [6.07, 6.45) is 1.18. The molecule has 162 valence electrons. The van der Waals surface area contributed by atoms with Crippen LogP contribution in [0.25, 0.3) is 10.9 Å². The molecule has 0 fully saturated rings. The van der Waals surface area contributed by atoms with Crippen LogP contribution in [0.4, 0.5) is 5.82 Å². The second-order valence-electron chi connectivity index (χ2n) is 7.46. The average molecular weight is 449 g/mol. The van der Waals surface area contributed by atoms with Crippen LogP contribution in [0.15, 0.2) is 71.6 Å². The second-order valence-corrected chi connectivity index (χ2v) is 9.48. The van der Waals surface area contributed by atoms with E-state index in [9.17, 15) is 13.2 Å². The summed E-state index contributed by atoms with van der Waals surface area (Å²) in [5.74, 6) is 1.27. The minimum Gasteiger partial charge on any atom is -0.454 e. The first kappa shape index (κ1) is 20.1. The number of nitrogens with one attached hydrogen (secondary N) is 1. The highest BCUT2D eigenvalue weighted by atomic mass is 32.2. The molecule has 9 heteroatoms. The summed E-state index contributed by atoms with van der Waals surface area (Å²) in [5.41, 5.74) is 2.17. The predicted octanol–water partition coefficient (Wildman–Crippen LogP) is 3.47. The lowest BCUT2D eigenvalue weighted by Gasteiger charge is -2.05. The van der Waals surface area contributed by atoms with E-state index in [1.165, 1.54) is 6.26 Å². The predicted molar refractivity (Wildman–Crippen MR) is 119 cm³/mol. The van der Waals surface area contributed by atoms with E-state index in [1.54, 1.807) is 47.1 Å². The van der Waals surface area contributed by atoms with E-state index in [1.807, 2.05) is 24.3 Å². The first-order valence-corrected chi connectivity index (χ1v) is 11.7. The molecule has 5 rings (SSSR count). The van der Waals surface area contributed by atoms with Crippen LogP contribution in [0.5, 0.6) is 11.5 Å². The molecule has 4 aromatic rings. The van der Waals surface area contributed by atoms with Gasteiger partial charge in [0.05, 0.1) is 17.0 Å². The average Bonchev–Trinajstić information content (AvgIpc) is 3.38. The van der Waals surface area contributed by atoms with Crippen LogP contribution in [0.3, 0.4) is 0 Å². The third-order valence-electron chi connectivity index (χ3n) is 5.21. The Hall–Kier alpha value is -3.85. The fourth-order valence-electron chi connectivity index (χ4n) is 3.57. The molecule has 0 saturated carbocycles. The summed E-state index contributed by atoms with van der Waals surface area (Å²) in [7, 11) is -3.25. The zero-order valence-corrected chi connectivity index (χ0v) is 17.9. The van der Waals surface area contributed by atoms with E-state index in [0.717, 1.165) is 16.5 Å². The maximum atomic E-state index is 12.8. The minimum atomic E-state index is -3.25. The number of benzene rings is 3. The molecule has 8 nitrogen and oxygen atoms in total. The summed E-state index contributed by atoms with van der Waals surface area (Å²) >= 11 is 0. The molecule has 2 heterocycles. The molecule has 1 aliphatic heterocycles. The number of fused-ring (bicyclic) bond motifs is 2. The Labute approximate surface area is 184 Å². The van der Waals surface area contributed by atoms with Gasteiger partial charge in [-0.2, -0.15) is 5.10 Å². The second kappa shape index (κ2) is 7.69. The lowest BCUT2D eigenvalue weighted by Crippen LogP contribution is -2.13. The van der Waals surface area contributed by atoms with Gasteiger partial charge in [-0.15, -0.1) is 0 Å². The molecular weight excluding hydrogens is 430 g/mol. The molecular formula is C23H19N3O5S. The monoisotopic (exact) mass is 449 g/mol. The van der Waals surface area contributed by atoms with Gasteiger partial charge in [0.25, 0.3) is 5.91 Å². The molecule has 1 aromatic heterocycles. The number of carbonyl (C=O) groups excluding carboxylic acids is 1. The molecule has 0 atom stereocenters.